The van der Waals surface area contributed by atoms with Crippen LogP contribution >= 0.6 is 23.1 Å². The zero-order valence-electron chi connectivity index (χ0n) is 14.1. The summed E-state index contributed by atoms with van der Waals surface area (Å²) in [6, 6.07) is 8.17. The van der Waals surface area contributed by atoms with E-state index in [0.29, 0.717) is 0 Å². The van der Waals surface area contributed by atoms with E-state index in [1.807, 2.05) is 23.9 Å². The van der Waals surface area contributed by atoms with Gasteiger partial charge in [0.05, 0.1) is 4.88 Å². The molecule has 0 unspecified atom stereocenters. The van der Waals surface area contributed by atoms with Crippen LogP contribution in [-0.4, -0.2) is 11.7 Å². The number of carboxylic acids is 1. The molecule has 0 bridgehead atoms. The molecular formula is C20H19O2S2-. The standard InChI is InChI=1S/C20H20O2S2/c1-13-10-18-17(20(2,3)8-9-23-18)11-14(13)4-5-15-6-7-16(24-15)12-19(21)22/h6-7,10-11H,8-9,12H2,1-3H3,(H,21,22)/p-1. The first-order valence-electron chi connectivity index (χ1n) is 7.94. The third kappa shape index (κ3) is 3.68. The Morgan fingerprint density at radius 1 is 1.29 bits per heavy atom. The van der Waals surface area contributed by atoms with Gasteiger partial charge in [0, 0.05) is 27.7 Å². The fourth-order valence-electron chi connectivity index (χ4n) is 2.83. The van der Waals surface area contributed by atoms with Crippen LogP contribution in [0.25, 0.3) is 0 Å². The summed E-state index contributed by atoms with van der Waals surface area (Å²) in [5.74, 6) is 6.56. The van der Waals surface area contributed by atoms with Crippen LogP contribution < -0.4 is 5.11 Å². The SMILES string of the molecule is Cc1cc2c(cc1C#Cc1ccc(CC(=O)[O-])s1)C(C)(C)CCS2. The molecule has 0 saturated heterocycles. The van der Waals surface area contributed by atoms with Crippen LogP contribution in [0, 0.1) is 18.8 Å². The molecule has 0 N–H and O–H groups in total. The summed E-state index contributed by atoms with van der Waals surface area (Å²) >= 11 is 3.35. The van der Waals surface area contributed by atoms with Crippen molar-refractivity contribution in [3.05, 3.63) is 50.7 Å². The number of hydrogen-bond donors (Lipinski definition) is 0. The third-order valence-electron chi connectivity index (χ3n) is 4.34. The largest absolute Gasteiger partial charge is 0.550 e. The number of hydrogen-bond acceptors (Lipinski definition) is 4. The van der Waals surface area contributed by atoms with Crippen LogP contribution in [0.4, 0.5) is 0 Å². The first-order valence-corrected chi connectivity index (χ1v) is 9.74. The minimum Gasteiger partial charge on any atom is -0.550 e. The minimum absolute atomic E-state index is 0.0460. The summed E-state index contributed by atoms with van der Waals surface area (Å²) in [5.41, 5.74) is 3.82. The summed E-state index contributed by atoms with van der Waals surface area (Å²) in [7, 11) is 0. The summed E-state index contributed by atoms with van der Waals surface area (Å²) in [6.07, 6.45) is 1.13. The monoisotopic (exact) mass is 355 g/mol. The van der Waals surface area contributed by atoms with Gasteiger partial charge in [-0.25, -0.2) is 0 Å². The molecule has 2 nitrogen and oxygen atoms in total. The van der Waals surface area contributed by atoms with Crippen LogP contribution in [0.1, 0.15) is 46.7 Å². The number of thioether (sulfide) groups is 1. The lowest BCUT2D eigenvalue weighted by Crippen LogP contribution is -2.23. The van der Waals surface area contributed by atoms with Crippen LogP contribution in [0.2, 0.25) is 0 Å². The van der Waals surface area contributed by atoms with Gasteiger partial charge < -0.3 is 9.90 Å². The number of carbonyl (C=O) groups excluding carboxylic acids is 1. The van der Waals surface area contributed by atoms with Gasteiger partial charge in [-0.05, 0) is 59.9 Å². The molecule has 124 valence electrons. The van der Waals surface area contributed by atoms with E-state index in [0.717, 1.165) is 15.3 Å². The van der Waals surface area contributed by atoms with E-state index in [1.54, 1.807) is 0 Å². The van der Waals surface area contributed by atoms with E-state index in [9.17, 15) is 9.90 Å². The number of aryl methyl sites for hydroxylation is 1. The highest BCUT2D eigenvalue weighted by atomic mass is 32.2. The molecule has 1 aliphatic heterocycles. The van der Waals surface area contributed by atoms with Gasteiger partial charge in [-0.1, -0.05) is 25.7 Å². The molecule has 0 spiro atoms. The Labute approximate surface area is 151 Å². The van der Waals surface area contributed by atoms with Crippen LogP contribution in [0.15, 0.2) is 29.2 Å². The molecule has 4 heteroatoms. The van der Waals surface area contributed by atoms with E-state index < -0.39 is 5.97 Å². The van der Waals surface area contributed by atoms with E-state index in [2.05, 4.69) is 44.7 Å². The molecule has 1 aliphatic rings. The first-order chi connectivity index (χ1) is 11.3. The van der Waals surface area contributed by atoms with Crippen LogP contribution in [0.3, 0.4) is 0 Å². The van der Waals surface area contributed by atoms with Gasteiger partial charge in [0.2, 0.25) is 0 Å². The Bertz CT molecular complexity index is 850. The van der Waals surface area contributed by atoms with Crippen molar-refractivity contribution in [2.24, 2.45) is 0 Å². The highest BCUT2D eigenvalue weighted by Gasteiger charge is 2.28. The maximum absolute atomic E-state index is 10.7. The molecule has 3 rings (SSSR count). The second-order valence-electron chi connectivity index (χ2n) is 6.71. The minimum atomic E-state index is -1.05. The molecule has 2 heterocycles. The number of benzene rings is 1. The van der Waals surface area contributed by atoms with Gasteiger partial charge in [0.1, 0.15) is 0 Å². The molecule has 0 saturated carbocycles. The van der Waals surface area contributed by atoms with E-state index >= 15 is 0 Å². The van der Waals surface area contributed by atoms with Crippen molar-refractivity contribution in [2.75, 3.05) is 5.75 Å². The summed E-state index contributed by atoms with van der Waals surface area (Å²) in [5, 5.41) is 10.7. The normalized spacial score (nSPS) is 15.3. The highest BCUT2D eigenvalue weighted by molar-refractivity contribution is 7.99. The Morgan fingerprint density at radius 3 is 2.83 bits per heavy atom. The first kappa shape index (κ1) is 17.1. The molecule has 2 aromatic rings. The van der Waals surface area contributed by atoms with Crippen molar-refractivity contribution in [3.63, 3.8) is 0 Å². The molecule has 24 heavy (non-hydrogen) atoms. The number of fused-ring (bicyclic) bond motifs is 1. The lowest BCUT2D eigenvalue weighted by Gasteiger charge is -2.32. The topological polar surface area (TPSA) is 40.1 Å². The van der Waals surface area contributed by atoms with Gasteiger partial charge >= 0.3 is 0 Å². The second-order valence-corrected chi connectivity index (χ2v) is 9.02. The molecule has 0 fully saturated rings. The quantitative estimate of drug-likeness (QED) is 0.774. The zero-order chi connectivity index (χ0) is 17.3. The van der Waals surface area contributed by atoms with Crippen molar-refractivity contribution in [1.29, 1.82) is 0 Å². The molecule has 0 atom stereocenters. The maximum atomic E-state index is 10.7. The highest BCUT2D eigenvalue weighted by Crippen LogP contribution is 2.42. The number of carboxylic acid groups (broad SMARTS) is 1. The zero-order valence-corrected chi connectivity index (χ0v) is 15.7. The van der Waals surface area contributed by atoms with Gasteiger partial charge in [0.15, 0.2) is 0 Å². The summed E-state index contributed by atoms with van der Waals surface area (Å²) in [4.78, 5) is 13.7. The van der Waals surface area contributed by atoms with Crippen molar-refractivity contribution in [1.82, 2.24) is 0 Å². The van der Waals surface area contributed by atoms with Gasteiger partial charge in [0.25, 0.3) is 0 Å². The summed E-state index contributed by atoms with van der Waals surface area (Å²) < 4.78 is 0. The van der Waals surface area contributed by atoms with Crippen molar-refractivity contribution in [2.45, 2.75) is 43.9 Å². The molecule has 0 radical (unpaired) electrons. The average Bonchev–Trinajstić information content (AvgIpc) is 2.92. The van der Waals surface area contributed by atoms with Gasteiger partial charge in [-0.3, -0.25) is 0 Å². The number of aliphatic carboxylic acids is 1. The number of carbonyl (C=O) groups is 1. The second kappa shape index (κ2) is 6.66. The molecule has 0 amide bonds. The van der Waals surface area contributed by atoms with Crippen molar-refractivity contribution < 1.29 is 9.90 Å². The Hall–Kier alpha value is -1.70. The maximum Gasteiger partial charge on any atom is 0.0775 e. The Morgan fingerprint density at radius 2 is 2.08 bits per heavy atom. The lowest BCUT2D eigenvalue weighted by molar-refractivity contribution is -0.304. The predicted molar refractivity (Wildman–Crippen MR) is 98.6 cm³/mol. The van der Waals surface area contributed by atoms with Crippen molar-refractivity contribution >= 4 is 29.1 Å². The van der Waals surface area contributed by atoms with Crippen LogP contribution in [0.5, 0.6) is 0 Å². The predicted octanol–water partition coefficient (Wildman–Crippen LogP) is 3.52. The smallest absolute Gasteiger partial charge is 0.0775 e. The van der Waals surface area contributed by atoms with E-state index in [1.165, 1.54) is 39.5 Å². The van der Waals surface area contributed by atoms with Crippen molar-refractivity contribution in [3.8, 4) is 11.8 Å². The lowest BCUT2D eigenvalue weighted by atomic mass is 9.80. The third-order valence-corrected chi connectivity index (χ3v) is 6.40. The molecule has 1 aromatic heterocycles. The number of thiophene rings is 1. The van der Waals surface area contributed by atoms with E-state index in [-0.39, 0.29) is 11.8 Å². The Kier molecular flexibility index (Phi) is 4.76. The van der Waals surface area contributed by atoms with Crippen LogP contribution in [-0.2, 0) is 16.6 Å². The summed E-state index contributed by atoms with van der Waals surface area (Å²) in [6.45, 7) is 6.69. The fraction of sp³-hybridized carbons (Fsp3) is 0.350. The van der Waals surface area contributed by atoms with Gasteiger partial charge in [-0.15, -0.1) is 23.1 Å². The van der Waals surface area contributed by atoms with Gasteiger partial charge in [-0.2, -0.15) is 0 Å². The Balaban J connectivity index is 1.91. The molecular weight excluding hydrogens is 336 g/mol. The molecule has 1 aromatic carbocycles. The molecule has 0 aliphatic carbocycles. The average molecular weight is 356 g/mol. The number of rotatable bonds is 2. The fourth-order valence-corrected chi connectivity index (χ4v) is 5.26. The van der Waals surface area contributed by atoms with E-state index in [4.69, 9.17) is 0 Å².